The molecule has 3 aromatic rings. The lowest BCUT2D eigenvalue weighted by molar-refractivity contribution is -0.138. The molecule has 0 N–H and O–H groups in total. The van der Waals surface area contributed by atoms with E-state index in [1.165, 1.54) is 11.0 Å². The number of piperazine rings is 1. The highest BCUT2D eigenvalue weighted by Gasteiger charge is 2.43. The molecule has 3 aliphatic rings. The van der Waals surface area contributed by atoms with Gasteiger partial charge in [0.2, 0.25) is 0 Å². The van der Waals surface area contributed by atoms with Crippen molar-refractivity contribution in [2.24, 2.45) is 5.92 Å². The normalized spacial score (nSPS) is 21.2. The van der Waals surface area contributed by atoms with E-state index in [-0.39, 0.29) is 29.1 Å². The largest absolute Gasteiger partial charge is 0.416 e. The van der Waals surface area contributed by atoms with Gasteiger partial charge >= 0.3 is 6.18 Å². The van der Waals surface area contributed by atoms with Crippen molar-refractivity contribution in [3.8, 4) is 0 Å². The van der Waals surface area contributed by atoms with Crippen LogP contribution in [0.2, 0.25) is 0 Å². The van der Waals surface area contributed by atoms with Gasteiger partial charge in [-0.15, -0.1) is 5.10 Å². The van der Waals surface area contributed by atoms with Gasteiger partial charge < -0.3 is 14.5 Å². The number of aromatic nitrogens is 3. The lowest BCUT2D eigenvalue weighted by Gasteiger charge is -2.42. The maximum Gasteiger partial charge on any atom is 0.416 e. The molecule has 1 amide bonds. The number of hydrogen-bond acceptors (Lipinski definition) is 6. The average Bonchev–Trinajstić information content (AvgIpc) is 3.48. The second-order valence-corrected chi connectivity index (χ2v) is 12.5. The smallest absolute Gasteiger partial charge is 0.379 e. The summed E-state index contributed by atoms with van der Waals surface area (Å²) in [6.45, 7) is 10.4. The molecule has 0 aliphatic carbocycles. The lowest BCUT2D eigenvalue weighted by Crippen LogP contribution is -2.53. The number of halogens is 3. The van der Waals surface area contributed by atoms with Crippen LogP contribution in [-0.4, -0.2) is 76.6 Å². The lowest BCUT2D eigenvalue weighted by atomic mass is 9.78. The number of nitrogens with zero attached hydrogens (tertiary/aromatic N) is 6. The second kappa shape index (κ2) is 10.8. The van der Waals surface area contributed by atoms with Crippen molar-refractivity contribution in [1.29, 1.82) is 0 Å². The minimum Gasteiger partial charge on any atom is -0.379 e. The van der Waals surface area contributed by atoms with Gasteiger partial charge in [0.05, 0.1) is 43.0 Å². The molecule has 0 bridgehead atoms. The number of likely N-dealkylation sites (N-methyl/N-ethyl adjacent to an activating group) is 1. The number of amides is 1. The number of hydrogen-bond donors (Lipinski definition) is 0. The van der Waals surface area contributed by atoms with Crippen molar-refractivity contribution >= 4 is 11.6 Å². The van der Waals surface area contributed by atoms with Crippen LogP contribution in [0.15, 0.2) is 42.6 Å². The van der Waals surface area contributed by atoms with E-state index in [1.807, 2.05) is 31.3 Å². The summed E-state index contributed by atoms with van der Waals surface area (Å²) in [5.41, 5.74) is 1.97. The van der Waals surface area contributed by atoms with Crippen LogP contribution in [0.5, 0.6) is 0 Å². The topological polar surface area (TPSA) is 66.7 Å². The molecule has 4 heterocycles. The Morgan fingerprint density at radius 2 is 1.93 bits per heavy atom. The zero-order chi connectivity index (χ0) is 29.8. The molecule has 8 nitrogen and oxygen atoms in total. The second-order valence-electron chi connectivity index (χ2n) is 12.5. The minimum atomic E-state index is -4.57. The Morgan fingerprint density at radius 1 is 1.14 bits per heavy atom. The molecule has 224 valence electrons. The highest BCUT2D eigenvalue weighted by molar-refractivity contribution is 6.10. The van der Waals surface area contributed by atoms with Gasteiger partial charge in [0, 0.05) is 49.7 Å². The number of aryl methyl sites for hydroxylation is 1. The standard InChI is InChI=1S/C31H37F3N6O2/c1-20(2)28-16-37(4)8-9-38(28)14-22-10-25-26(27(11-22)31(32,33)34)15-40(29(25)41)24-7-5-6-23(12-24)30(18-42-19-30)17-39-13-21(3)35-36-39/h5-7,10-13,20,28H,8-9,14-19H2,1-4H3. The van der Waals surface area contributed by atoms with Crippen molar-refractivity contribution < 1.29 is 22.7 Å². The van der Waals surface area contributed by atoms with Gasteiger partial charge in [-0.3, -0.25) is 14.4 Å². The van der Waals surface area contributed by atoms with E-state index in [1.54, 1.807) is 16.8 Å². The highest BCUT2D eigenvalue weighted by Crippen LogP contribution is 2.41. The summed E-state index contributed by atoms with van der Waals surface area (Å²) in [5.74, 6) is -0.0503. The first-order chi connectivity index (χ1) is 19.9. The molecule has 0 saturated carbocycles. The molecular weight excluding hydrogens is 545 g/mol. The van der Waals surface area contributed by atoms with Crippen molar-refractivity contribution in [3.63, 3.8) is 0 Å². The van der Waals surface area contributed by atoms with Crippen LogP contribution in [0.4, 0.5) is 18.9 Å². The number of benzene rings is 2. The summed E-state index contributed by atoms with van der Waals surface area (Å²) >= 11 is 0. The summed E-state index contributed by atoms with van der Waals surface area (Å²) < 4.78 is 50.6. The van der Waals surface area contributed by atoms with Crippen molar-refractivity contribution in [2.45, 2.75) is 58.0 Å². The number of ether oxygens (including phenoxy) is 1. The van der Waals surface area contributed by atoms with E-state index in [2.05, 4.69) is 41.0 Å². The molecule has 0 spiro atoms. The molecule has 0 radical (unpaired) electrons. The van der Waals surface area contributed by atoms with Gasteiger partial charge in [-0.05, 0) is 60.8 Å². The van der Waals surface area contributed by atoms with Crippen LogP contribution in [0.1, 0.15) is 52.2 Å². The molecule has 6 rings (SSSR count). The summed E-state index contributed by atoms with van der Waals surface area (Å²) in [4.78, 5) is 19.7. The number of alkyl halides is 3. The fourth-order valence-corrected chi connectivity index (χ4v) is 6.56. The summed E-state index contributed by atoms with van der Waals surface area (Å²) in [7, 11) is 2.07. The number of rotatable bonds is 7. The fourth-order valence-electron chi connectivity index (χ4n) is 6.56. The van der Waals surface area contributed by atoms with Crippen LogP contribution in [-0.2, 0) is 36.0 Å². The van der Waals surface area contributed by atoms with Crippen LogP contribution < -0.4 is 4.90 Å². The molecule has 3 aliphatic heterocycles. The molecule has 11 heteroatoms. The Hall–Kier alpha value is -3.28. The maximum atomic E-state index is 14.4. The third kappa shape index (κ3) is 5.33. The van der Waals surface area contributed by atoms with E-state index in [0.29, 0.717) is 43.5 Å². The van der Waals surface area contributed by atoms with Gasteiger partial charge in [-0.1, -0.05) is 31.2 Å². The summed E-state index contributed by atoms with van der Waals surface area (Å²) in [5, 5.41) is 8.26. The first-order valence-corrected chi connectivity index (χ1v) is 14.5. The van der Waals surface area contributed by atoms with Crippen LogP contribution in [0.3, 0.4) is 0 Å². The Bertz CT molecular complexity index is 1480. The molecular formula is C31H37F3N6O2. The molecule has 42 heavy (non-hydrogen) atoms. The van der Waals surface area contributed by atoms with Crippen molar-refractivity contribution in [2.75, 3.05) is 44.8 Å². The third-order valence-corrected chi connectivity index (χ3v) is 8.94. The highest BCUT2D eigenvalue weighted by atomic mass is 19.4. The predicted octanol–water partition coefficient (Wildman–Crippen LogP) is 4.51. The summed E-state index contributed by atoms with van der Waals surface area (Å²) in [6.07, 6.45) is -2.70. The molecule has 2 fully saturated rings. The first kappa shape index (κ1) is 28.8. The quantitative estimate of drug-likeness (QED) is 0.409. The van der Waals surface area contributed by atoms with Crippen LogP contribution in [0, 0.1) is 12.8 Å². The van der Waals surface area contributed by atoms with Gasteiger partial charge in [0.15, 0.2) is 0 Å². The van der Waals surface area contributed by atoms with Crippen LogP contribution >= 0.6 is 0 Å². The van der Waals surface area contributed by atoms with E-state index < -0.39 is 17.6 Å². The average molecular weight is 583 g/mol. The van der Waals surface area contributed by atoms with Gasteiger partial charge in [0.1, 0.15) is 0 Å². The molecule has 1 aromatic heterocycles. The monoisotopic (exact) mass is 582 g/mol. The van der Waals surface area contributed by atoms with Gasteiger partial charge in [-0.25, -0.2) is 0 Å². The SMILES string of the molecule is Cc1cn(CC2(c3cccc(N4Cc5c(cc(CN6CCN(C)CC6C(C)C)cc5C(F)(F)F)C4=O)c3)COC2)nn1. The zero-order valence-corrected chi connectivity index (χ0v) is 24.5. The molecule has 1 unspecified atom stereocenters. The van der Waals surface area contributed by atoms with Crippen molar-refractivity contribution in [3.05, 3.63) is 76.1 Å². The van der Waals surface area contributed by atoms with Gasteiger partial charge in [0.25, 0.3) is 5.91 Å². The van der Waals surface area contributed by atoms with E-state index in [4.69, 9.17) is 4.74 Å². The minimum absolute atomic E-state index is 0.0419. The van der Waals surface area contributed by atoms with Gasteiger partial charge in [-0.2, -0.15) is 13.2 Å². The molecule has 2 aromatic carbocycles. The van der Waals surface area contributed by atoms with E-state index in [9.17, 15) is 18.0 Å². The predicted molar refractivity (Wildman–Crippen MR) is 152 cm³/mol. The maximum absolute atomic E-state index is 14.4. The number of carbonyl (C=O) groups is 1. The third-order valence-electron chi connectivity index (χ3n) is 8.94. The molecule has 1 atom stereocenters. The van der Waals surface area contributed by atoms with Crippen LogP contribution in [0.25, 0.3) is 0 Å². The number of carbonyl (C=O) groups excluding carboxylic acids is 1. The van der Waals surface area contributed by atoms with E-state index in [0.717, 1.165) is 30.9 Å². The van der Waals surface area contributed by atoms with E-state index >= 15 is 0 Å². The fraction of sp³-hybridized carbons (Fsp3) is 0.516. The zero-order valence-electron chi connectivity index (χ0n) is 24.5. The number of fused-ring (bicyclic) bond motifs is 1. The Morgan fingerprint density at radius 3 is 2.57 bits per heavy atom. The summed E-state index contributed by atoms with van der Waals surface area (Å²) in [6, 6.07) is 10.7. The Kier molecular flexibility index (Phi) is 7.39. The Labute approximate surface area is 244 Å². The molecule has 2 saturated heterocycles. The van der Waals surface area contributed by atoms with Crippen molar-refractivity contribution in [1.82, 2.24) is 24.8 Å². The number of anilines is 1. The Balaban J connectivity index is 1.30. The first-order valence-electron chi connectivity index (χ1n) is 14.5.